The molecule has 0 aromatic carbocycles. The van der Waals surface area contributed by atoms with Gasteiger partial charge in [-0.05, 0) is 0 Å². The molecule has 44 valence electrons. The van der Waals surface area contributed by atoms with Crippen molar-refractivity contribution < 1.29 is 17.2 Å². The molecule has 0 spiro atoms. The Hall–Kier alpha value is 1.13. The average molecular weight is 324 g/mol. The van der Waals surface area contributed by atoms with Gasteiger partial charge >= 0.3 is 64.7 Å². The van der Waals surface area contributed by atoms with Gasteiger partial charge in [0.05, 0.1) is 0 Å². The van der Waals surface area contributed by atoms with Crippen molar-refractivity contribution in [3.8, 4) is 0 Å². The summed E-state index contributed by atoms with van der Waals surface area (Å²) >= 11 is 2.84. The summed E-state index contributed by atoms with van der Waals surface area (Å²) in [6.07, 6.45) is 1.02. The van der Waals surface area contributed by atoms with E-state index in [1.807, 2.05) is 6.92 Å². The molecule has 1 N–H and O–H groups in total. The minimum atomic E-state index is 0.403. The third kappa shape index (κ3) is 7.13. The molecule has 1 nitrogen and oxygen atoms in total. The molecule has 0 bridgehead atoms. The second kappa shape index (κ2) is 5.27. The summed E-state index contributed by atoms with van der Waals surface area (Å²) in [6.45, 7) is 1.87. The van der Waals surface area contributed by atoms with Crippen molar-refractivity contribution in [1.82, 2.24) is 0 Å². The molecule has 0 aromatic rings. The third-order valence-electron chi connectivity index (χ3n) is 0.541. The maximum absolute atomic E-state index is 7.01. The summed E-state index contributed by atoms with van der Waals surface area (Å²) in [7, 11) is 0. The Labute approximate surface area is 64.2 Å². The van der Waals surface area contributed by atoms with Crippen molar-refractivity contribution >= 4 is 24.3 Å². The zero-order chi connectivity index (χ0) is 5.70. The second-order valence-electron chi connectivity index (χ2n) is 1.32. The first-order chi connectivity index (χ1) is 3.27. The first kappa shape index (κ1) is 8.13. The first-order valence-electron chi connectivity index (χ1n) is 2.01. The molecule has 0 saturated carbocycles. The van der Waals surface area contributed by atoms with Crippen molar-refractivity contribution in [2.75, 3.05) is 4.43 Å². The van der Waals surface area contributed by atoms with Gasteiger partial charge in [-0.15, -0.1) is 0 Å². The summed E-state index contributed by atoms with van der Waals surface area (Å²) < 4.78 is 1.27. The molecule has 0 atom stereocenters. The molecular weight excluding hydrogens is 316 g/mol. The Morgan fingerprint density at radius 1 is 1.86 bits per heavy atom. The number of hydrogen-bond donors (Lipinski definition) is 1. The Morgan fingerprint density at radius 2 is 2.43 bits per heavy atom. The van der Waals surface area contributed by atoms with Crippen LogP contribution in [0.1, 0.15) is 13.3 Å². The van der Waals surface area contributed by atoms with Crippen LogP contribution in [0.15, 0.2) is 0 Å². The van der Waals surface area contributed by atoms with Crippen LogP contribution in [0.25, 0.3) is 0 Å². The molecule has 0 unspecified atom stereocenters. The molecule has 0 aliphatic heterocycles. The van der Waals surface area contributed by atoms with Gasteiger partial charge in [0.1, 0.15) is 0 Å². The third-order valence-corrected chi connectivity index (χ3v) is 4.22. The topological polar surface area (TPSA) is 23.9 Å². The van der Waals surface area contributed by atoms with E-state index in [4.69, 9.17) is 5.41 Å². The van der Waals surface area contributed by atoms with Crippen LogP contribution >= 0.6 is 18.6 Å². The normalized spacial score (nSPS) is 9.43. The van der Waals surface area contributed by atoms with E-state index in [0.717, 1.165) is 12.1 Å². The Balaban J connectivity index is 2.82. The Bertz CT molecular complexity index is 62.7. The van der Waals surface area contributed by atoms with Gasteiger partial charge in [-0.25, -0.2) is 0 Å². The zero-order valence-corrected chi connectivity index (χ0v) is 8.49. The monoisotopic (exact) mass is 324 g/mol. The number of alkyl halides is 1. The van der Waals surface area contributed by atoms with Gasteiger partial charge in [0.25, 0.3) is 0 Å². The number of hydrogen-bond acceptors (Lipinski definition) is 1. The molecular formula is C4H8I2N-. The number of rotatable bonds is 3. The predicted octanol–water partition coefficient (Wildman–Crippen LogP) is -1.14. The van der Waals surface area contributed by atoms with Gasteiger partial charge in [-0.1, -0.05) is 0 Å². The van der Waals surface area contributed by atoms with E-state index in [9.17, 15) is 0 Å². The van der Waals surface area contributed by atoms with Gasteiger partial charge in [-0.3, -0.25) is 0 Å². The van der Waals surface area contributed by atoms with E-state index in [0.29, 0.717) is 17.2 Å². The minimum absolute atomic E-state index is 0.403. The fourth-order valence-corrected chi connectivity index (χ4v) is 2.56. The summed E-state index contributed by atoms with van der Waals surface area (Å²) in [5.41, 5.74) is 0.830. The van der Waals surface area contributed by atoms with Crippen LogP contribution in [0.4, 0.5) is 0 Å². The number of nitrogens with one attached hydrogen (secondary N) is 1. The molecule has 0 amide bonds. The van der Waals surface area contributed by atoms with E-state index < -0.39 is 0 Å². The summed E-state index contributed by atoms with van der Waals surface area (Å²) in [4.78, 5) is 0. The van der Waals surface area contributed by atoms with E-state index in [2.05, 4.69) is 18.6 Å². The molecule has 0 fully saturated rings. The quantitative estimate of drug-likeness (QED) is 0.385. The molecule has 0 saturated heterocycles. The van der Waals surface area contributed by atoms with E-state index >= 15 is 0 Å². The molecule has 3 heteroatoms. The second-order valence-corrected chi connectivity index (χ2v) is 6.84. The van der Waals surface area contributed by atoms with Gasteiger partial charge in [0, 0.05) is 0 Å². The molecule has 0 heterocycles. The first-order valence-corrected chi connectivity index (χ1v) is 9.82. The van der Waals surface area contributed by atoms with Crippen molar-refractivity contribution in [3.05, 3.63) is 0 Å². The van der Waals surface area contributed by atoms with E-state index in [1.54, 1.807) is 0 Å². The summed E-state index contributed by atoms with van der Waals surface area (Å²) in [6, 6.07) is 0. The van der Waals surface area contributed by atoms with Crippen LogP contribution in [0.5, 0.6) is 0 Å². The van der Waals surface area contributed by atoms with E-state index in [1.165, 1.54) is 4.43 Å². The summed E-state index contributed by atoms with van der Waals surface area (Å²) in [5, 5.41) is 7.01. The standard InChI is InChI=1S/C4H8I2N/c1-4(7)2-3-6-5/h7H,2-3H2,1H3/q-1. The molecule has 0 aliphatic rings. The van der Waals surface area contributed by atoms with Crippen molar-refractivity contribution in [3.63, 3.8) is 0 Å². The van der Waals surface area contributed by atoms with Crippen LogP contribution in [0.2, 0.25) is 0 Å². The van der Waals surface area contributed by atoms with E-state index in [-0.39, 0.29) is 0 Å². The van der Waals surface area contributed by atoms with Crippen LogP contribution < -0.4 is 17.2 Å². The Morgan fingerprint density at radius 3 is 2.57 bits per heavy atom. The van der Waals surface area contributed by atoms with Gasteiger partial charge in [0.15, 0.2) is 0 Å². The molecule has 0 rings (SSSR count). The van der Waals surface area contributed by atoms with Crippen molar-refractivity contribution in [2.24, 2.45) is 0 Å². The van der Waals surface area contributed by atoms with Crippen LogP contribution in [0.3, 0.4) is 0 Å². The van der Waals surface area contributed by atoms with Crippen LogP contribution in [0, 0.1) is 5.41 Å². The summed E-state index contributed by atoms with van der Waals surface area (Å²) in [5.74, 6) is 0. The maximum atomic E-state index is 7.01. The fraction of sp³-hybridized carbons (Fsp3) is 0.750. The SMILES string of the molecule is CC(=N)CC[I-]I. The van der Waals surface area contributed by atoms with Gasteiger partial charge in [0.2, 0.25) is 0 Å². The number of halogens is 2. The zero-order valence-electron chi connectivity index (χ0n) is 4.17. The van der Waals surface area contributed by atoms with Crippen LogP contribution in [-0.4, -0.2) is 10.1 Å². The predicted molar refractivity (Wildman–Crippen MR) is 36.9 cm³/mol. The average Bonchev–Trinajstić information content (AvgIpc) is 1.61. The van der Waals surface area contributed by atoms with Crippen LogP contribution in [-0.2, 0) is 0 Å². The Kier molecular flexibility index (Phi) is 6.12. The molecule has 0 aromatic heterocycles. The van der Waals surface area contributed by atoms with Crippen molar-refractivity contribution in [2.45, 2.75) is 13.3 Å². The van der Waals surface area contributed by atoms with Gasteiger partial charge < -0.3 is 0 Å². The molecule has 0 radical (unpaired) electrons. The van der Waals surface area contributed by atoms with Gasteiger partial charge in [-0.2, -0.15) is 0 Å². The fourth-order valence-electron chi connectivity index (χ4n) is 0.177. The molecule has 0 aliphatic carbocycles. The van der Waals surface area contributed by atoms with Crippen molar-refractivity contribution in [1.29, 1.82) is 5.41 Å². The molecule has 7 heavy (non-hydrogen) atoms.